The fraction of sp³-hybridized carbons (Fsp3) is 0.0732. The van der Waals surface area contributed by atoms with E-state index in [1.807, 2.05) is 70.9 Å². The zero-order valence-corrected chi connectivity index (χ0v) is 29.5. The van der Waals surface area contributed by atoms with E-state index in [-0.39, 0.29) is 21.1 Å². The van der Waals surface area contributed by atoms with Crippen LogP contribution in [0.25, 0.3) is 64.6 Å². The van der Waals surface area contributed by atoms with Gasteiger partial charge in [-0.05, 0) is 72.8 Å². The fourth-order valence-electron chi connectivity index (χ4n) is 6.96. The Morgan fingerprint density at radius 1 is 0.729 bits per heavy atom. The zero-order chi connectivity index (χ0) is 31.6. The molecule has 9 rings (SSSR count). The molecule has 0 bridgehead atoms. The largest absolute Gasteiger partial charge is 2.00 e. The van der Waals surface area contributed by atoms with E-state index in [4.69, 9.17) is 9.72 Å². The summed E-state index contributed by atoms with van der Waals surface area (Å²) in [6.45, 7) is 6.43. The molecule has 7 heteroatoms. The number of nitrogens with zero attached hydrogens (tertiary/aromatic N) is 4. The van der Waals surface area contributed by atoms with Gasteiger partial charge in [-0.1, -0.05) is 53.5 Å². The van der Waals surface area contributed by atoms with Crippen LogP contribution in [0.2, 0.25) is 0 Å². The molecule has 0 fully saturated rings. The molecule has 0 atom stereocenters. The van der Waals surface area contributed by atoms with Crippen molar-refractivity contribution in [1.82, 2.24) is 19.3 Å². The summed E-state index contributed by atoms with van der Waals surface area (Å²) in [4.78, 5) is 4.78. The van der Waals surface area contributed by atoms with Crippen molar-refractivity contribution in [2.45, 2.75) is 20.8 Å². The molecule has 0 spiro atoms. The van der Waals surface area contributed by atoms with E-state index in [1.165, 1.54) is 42.4 Å². The van der Waals surface area contributed by atoms with Gasteiger partial charge < -0.3 is 9.30 Å². The summed E-state index contributed by atoms with van der Waals surface area (Å²) < 4.78 is 13.0. The Kier molecular flexibility index (Phi) is 7.51. The predicted molar refractivity (Wildman–Crippen MR) is 192 cm³/mol. The van der Waals surface area contributed by atoms with Crippen LogP contribution >= 0.6 is 11.3 Å². The SMILES string of the molecule is Cc1cc(C)c(-c2cnn(-c3[c-]c(Oc4[c-]c5c(cc4)c4ccc6sc7ccccc7c6c4n5-c4ccccn4)ccc3)c2)c(C)c1.[Pt+2]. The van der Waals surface area contributed by atoms with E-state index in [0.29, 0.717) is 11.5 Å². The van der Waals surface area contributed by atoms with Gasteiger partial charge in [-0.25, -0.2) is 4.98 Å². The Balaban J connectivity index is 0.00000336. The topological polar surface area (TPSA) is 44.9 Å². The molecule has 5 aromatic carbocycles. The number of ether oxygens (including phenoxy) is 1. The summed E-state index contributed by atoms with van der Waals surface area (Å²) in [5.41, 5.74) is 8.88. The van der Waals surface area contributed by atoms with Crippen molar-refractivity contribution in [3.05, 3.63) is 144 Å². The van der Waals surface area contributed by atoms with Crippen molar-refractivity contribution in [3.63, 3.8) is 0 Å². The molecule has 0 saturated heterocycles. The van der Waals surface area contributed by atoms with Crippen LogP contribution < -0.4 is 4.74 Å². The maximum absolute atomic E-state index is 6.44. The first-order valence-corrected chi connectivity index (χ1v) is 16.4. The monoisotopic (exact) mass is 819 g/mol. The molecular weight excluding hydrogens is 792 g/mol. The van der Waals surface area contributed by atoms with E-state index in [1.54, 1.807) is 0 Å². The van der Waals surface area contributed by atoms with Gasteiger partial charge in [-0.15, -0.1) is 47.1 Å². The molecule has 0 aliphatic rings. The minimum Gasteiger partial charge on any atom is -0.509 e. The van der Waals surface area contributed by atoms with Crippen molar-refractivity contribution in [3.8, 4) is 34.1 Å². The Morgan fingerprint density at radius 2 is 1.52 bits per heavy atom. The summed E-state index contributed by atoms with van der Waals surface area (Å²) in [7, 11) is 0. The standard InChI is InChI=1S/C41H28N4OS.Pt/c1-25-19-26(2)39(27(3)20-25)28-23-43-44(24-28)29-9-8-10-30(21-29)46-31-14-15-32-33-16-17-37-40(34-11-4-5-12-36(34)47-37)41(33)45(35(32)22-31)38-13-6-7-18-42-38;/h4-20,23-24H,1-3H3;/q-2;+2. The summed E-state index contributed by atoms with van der Waals surface area (Å²) in [5.74, 6) is 2.03. The molecule has 0 radical (unpaired) electrons. The fourth-order valence-corrected chi connectivity index (χ4v) is 8.07. The van der Waals surface area contributed by atoms with Gasteiger partial charge in [0.1, 0.15) is 5.82 Å². The first kappa shape index (κ1) is 30.3. The minimum absolute atomic E-state index is 0. The van der Waals surface area contributed by atoms with E-state index in [9.17, 15) is 0 Å². The number of rotatable bonds is 5. The maximum atomic E-state index is 6.44. The molecule has 0 N–H and O–H groups in total. The number of pyridine rings is 1. The minimum atomic E-state index is 0. The van der Waals surface area contributed by atoms with Crippen molar-refractivity contribution >= 4 is 53.3 Å². The molecule has 0 aliphatic carbocycles. The number of aromatic nitrogens is 4. The quantitative estimate of drug-likeness (QED) is 0.163. The second kappa shape index (κ2) is 11.9. The third-order valence-electron chi connectivity index (χ3n) is 8.80. The Labute approximate surface area is 296 Å². The van der Waals surface area contributed by atoms with E-state index >= 15 is 0 Å². The summed E-state index contributed by atoms with van der Waals surface area (Å²) in [6, 6.07) is 40.5. The summed E-state index contributed by atoms with van der Waals surface area (Å²) in [6.07, 6.45) is 5.80. The molecule has 5 nitrogen and oxygen atoms in total. The average molecular weight is 820 g/mol. The number of thiophene rings is 1. The number of aryl methyl sites for hydroxylation is 3. The first-order chi connectivity index (χ1) is 23.0. The van der Waals surface area contributed by atoms with Crippen molar-refractivity contribution in [2.75, 3.05) is 0 Å². The molecular formula is C41H28N4OPtS. The van der Waals surface area contributed by atoms with E-state index < -0.39 is 0 Å². The van der Waals surface area contributed by atoms with Crippen LogP contribution in [0.3, 0.4) is 0 Å². The molecule has 0 unspecified atom stereocenters. The van der Waals surface area contributed by atoms with Gasteiger partial charge >= 0.3 is 21.1 Å². The smallest absolute Gasteiger partial charge is 0.509 e. The van der Waals surface area contributed by atoms with Crippen LogP contribution in [-0.2, 0) is 21.1 Å². The van der Waals surface area contributed by atoms with Gasteiger partial charge in [0.25, 0.3) is 0 Å². The predicted octanol–water partition coefficient (Wildman–Crippen LogP) is 10.7. The zero-order valence-electron chi connectivity index (χ0n) is 26.4. The molecule has 4 aromatic heterocycles. The van der Waals surface area contributed by atoms with Gasteiger partial charge in [0.05, 0.1) is 11.7 Å². The van der Waals surface area contributed by atoms with Crippen molar-refractivity contribution < 1.29 is 25.8 Å². The van der Waals surface area contributed by atoms with Gasteiger partial charge in [-0.2, -0.15) is 17.2 Å². The molecule has 234 valence electrons. The van der Waals surface area contributed by atoms with E-state index in [0.717, 1.165) is 38.9 Å². The Morgan fingerprint density at radius 3 is 2.35 bits per heavy atom. The number of hydrogen-bond donors (Lipinski definition) is 0. The van der Waals surface area contributed by atoms with E-state index in [2.05, 4.69) is 103 Å². The molecule has 9 aromatic rings. The Hall–Kier alpha value is -5.03. The normalized spacial score (nSPS) is 11.5. The Bertz CT molecular complexity index is 2630. The van der Waals surface area contributed by atoms with Gasteiger partial charge in [0, 0.05) is 49.6 Å². The number of hydrogen-bond acceptors (Lipinski definition) is 4. The summed E-state index contributed by atoms with van der Waals surface area (Å²) in [5, 5.41) is 9.41. The van der Waals surface area contributed by atoms with Gasteiger partial charge in [0.15, 0.2) is 0 Å². The molecule has 0 saturated carbocycles. The van der Waals surface area contributed by atoms with Crippen LogP contribution in [-0.4, -0.2) is 19.3 Å². The number of fused-ring (bicyclic) bond motifs is 7. The van der Waals surface area contributed by atoms with Crippen LogP contribution in [0.5, 0.6) is 11.5 Å². The molecule has 0 aliphatic heterocycles. The number of benzene rings is 5. The van der Waals surface area contributed by atoms with Gasteiger partial charge in [0.2, 0.25) is 0 Å². The van der Waals surface area contributed by atoms with Crippen LogP contribution in [0.1, 0.15) is 16.7 Å². The molecule has 4 heterocycles. The second-order valence-corrected chi connectivity index (χ2v) is 13.1. The van der Waals surface area contributed by atoms with Crippen molar-refractivity contribution in [2.24, 2.45) is 0 Å². The average Bonchev–Trinajstić information content (AvgIpc) is 3.79. The molecule has 48 heavy (non-hydrogen) atoms. The van der Waals surface area contributed by atoms with Crippen LogP contribution in [0, 0.1) is 32.9 Å². The van der Waals surface area contributed by atoms with Crippen molar-refractivity contribution in [1.29, 1.82) is 0 Å². The van der Waals surface area contributed by atoms with Crippen LogP contribution in [0.15, 0.2) is 116 Å². The third kappa shape index (κ3) is 4.95. The molecule has 0 amide bonds. The second-order valence-electron chi connectivity index (χ2n) is 12.0. The first-order valence-electron chi connectivity index (χ1n) is 15.6. The summed E-state index contributed by atoms with van der Waals surface area (Å²) >= 11 is 1.82. The van der Waals surface area contributed by atoms with Crippen LogP contribution in [0.4, 0.5) is 0 Å². The van der Waals surface area contributed by atoms with Gasteiger partial charge in [-0.3, -0.25) is 4.68 Å². The third-order valence-corrected chi connectivity index (χ3v) is 9.93. The maximum Gasteiger partial charge on any atom is 2.00 e.